The highest BCUT2D eigenvalue weighted by atomic mass is 16.5. The zero-order chi connectivity index (χ0) is 13.8. The first-order chi connectivity index (χ1) is 9.11. The van der Waals surface area contributed by atoms with E-state index in [2.05, 4.69) is 24.0 Å². The number of benzene rings is 1. The zero-order valence-electron chi connectivity index (χ0n) is 12.2. The fourth-order valence-electron chi connectivity index (χ4n) is 3.11. The smallest absolute Gasteiger partial charge is 0.119 e. The molecule has 2 rings (SSSR count). The lowest BCUT2D eigenvalue weighted by atomic mass is 10.0. The number of ether oxygens (including phenoxy) is 1. The van der Waals surface area contributed by atoms with Crippen LogP contribution in [0.1, 0.15) is 44.7 Å². The summed E-state index contributed by atoms with van der Waals surface area (Å²) in [5.74, 6) is 0.913. The fourth-order valence-corrected chi connectivity index (χ4v) is 3.11. The zero-order valence-corrected chi connectivity index (χ0v) is 12.2. The maximum Gasteiger partial charge on any atom is 0.119 e. The van der Waals surface area contributed by atoms with Gasteiger partial charge >= 0.3 is 0 Å². The number of likely N-dealkylation sites (tertiary alicyclic amines) is 1. The number of rotatable bonds is 5. The average Bonchev–Trinajstić information content (AvgIpc) is 2.85. The highest BCUT2D eigenvalue weighted by Crippen LogP contribution is 2.32. The maximum atomic E-state index is 9.62. The molecule has 0 aliphatic carbocycles. The summed E-state index contributed by atoms with van der Waals surface area (Å²) < 4.78 is 5.30. The lowest BCUT2D eigenvalue weighted by molar-refractivity contribution is 0.114. The second kappa shape index (κ2) is 6.40. The second-order valence-corrected chi connectivity index (χ2v) is 5.57. The molecule has 0 aromatic heterocycles. The Morgan fingerprint density at radius 3 is 2.89 bits per heavy atom. The van der Waals surface area contributed by atoms with Gasteiger partial charge in [0.25, 0.3) is 0 Å². The standard InChI is InChI=1S/C16H25NO2/c1-12(18)10-15-7-5-9-17(15)13(2)14-6-4-8-16(11-14)19-3/h4,6,8,11-13,15,18H,5,7,9-10H2,1-3H3. The molecule has 1 saturated heterocycles. The Morgan fingerprint density at radius 1 is 1.42 bits per heavy atom. The summed E-state index contributed by atoms with van der Waals surface area (Å²) in [7, 11) is 1.70. The summed E-state index contributed by atoms with van der Waals surface area (Å²) in [4.78, 5) is 2.52. The highest BCUT2D eigenvalue weighted by Gasteiger charge is 2.29. The normalized spacial score (nSPS) is 23.3. The molecule has 19 heavy (non-hydrogen) atoms. The van der Waals surface area contributed by atoms with E-state index in [0.717, 1.165) is 18.7 Å². The number of aliphatic hydroxyl groups is 1. The summed E-state index contributed by atoms with van der Waals surface area (Å²) in [6, 6.07) is 9.17. The van der Waals surface area contributed by atoms with Crippen molar-refractivity contribution in [2.24, 2.45) is 0 Å². The van der Waals surface area contributed by atoms with E-state index >= 15 is 0 Å². The third-order valence-corrected chi connectivity index (χ3v) is 4.11. The minimum Gasteiger partial charge on any atom is -0.497 e. The van der Waals surface area contributed by atoms with Crippen LogP contribution in [0.2, 0.25) is 0 Å². The van der Waals surface area contributed by atoms with Crippen LogP contribution in [-0.4, -0.2) is 35.8 Å². The maximum absolute atomic E-state index is 9.62. The first-order valence-electron chi connectivity index (χ1n) is 7.19. The summed E-state index contributed by atoms with van der Waals surface area (Å²) in [6.45, 7) is 5.25. The molecular formula is C16H25NO2. The van der Waals surface area contributed by atoms with E-state index in [0.29, 0.717) is 12.1 Å². The number of aliphatic hydroxyl groups excluding tert-OH is 1. The van der Waals surface area contributed by atoms with Gasteiger partial charge in [-0.3, -0.25) is 4.90 Å². The van der Waals surface area contributed by atoms with Gasteiger partial charge in [-0.25, -0.2) is 0 Å². The van der Waals surface area contributed by atoms with Crippen molar-refractivity contribution in [3.05, 3.63) is 29.8 Å². The Hall–Kier alpha value is -1.06. The van der Waals surface area contributed by atoms with E-state index < -0.39 is 0 Å². The number of hydrogen-bond acceptors (Lipinski definition) is 3. The quantitative estimate of drug-likeness (QED) is 0.886. The molecule has 3 nitrogen and oxygen atoms in total. The minimum atomic E-state index is -0.219. The predicted molar refractivity (Wildman–Crippen MR) is 77.4 cm³/mol. The molecule has 3 atom stereocenters. The summed E-state index contributed by atoms with van der Waals surface area (Å²) in [5.41, 5.74) is 1.29. The first-order valence-corrected chi connectivity index (χ1v) is 7.19. The van der Waals surface area contributed by atoms with Crippen LogP contribution < -0.4 is 4.74 Å². The summed E-state index contributed by atoms with van der Waals surface area (Å²) in [5, 5.41) is 9.62. The van der Waals surface area contributed by atoms with Crippen molar-refractivity contribution in [1.29, 1.82) is 0 Å². The molecule has 106 valence electrons. The minimum absolute atomic E-state index is 0.219. The van der Waals surface area contributed by atoms with Gasteiger partial charge in [0.05, 0.1) is 13.2 Å². The van der Waals surface area contributed by atoms with Crippen LogP contribution in [0, 0.1) is 0 Å². The number of hydrogen-bond donors (Lipinski definition) is 1. The Bertz CT molecular complexity index is 405. The fraction of sp³-hybridized carbons (Fsp3) is 0.625. The van der Waals surface area contributed by atoms with Crippen LogP contribution in [0.3, 0.4) is 0 Å². The predicted octanol–water partition coefficient (Wildman–Crippen LogP) is 2.99. The van der Waals surface area contributed by atoms with E-state index in [4.69, 9.17) is 4.74 Å². The van der Waals surface area contributed by atoms with Crippen molar-refractivity contribution in [3.8, 4) is 5.75 Å². The lowest BCUT2D eigenvalue weighted by Gasteiger charge is -2.31. The molecule has 0 spiro atoms. The van der Waals surface area contributed by atoms with Crippen molar-refractivity contribution in [1.82, 2.24) is 4.90 Å². The molecule has 0 radical (unpaired) electrons. The van der Waals surface area contributed by atoms with Gasteiger partial charge in [-0.1, -0.05) is 12.1 Å². The van der Waals surface area contributed by atoms with Crippen molar-refractivity contribution < 1.29 is 9.84 Å². The number of methoxy groups -OCH3 is 1. The van der Waals surface area contributed by atoms with E-state index in [1.165, 1.54) is 18.4 Å². The third kappa shape index (κ3) is 3.48. The number of nitrogens with zero attached hydrogens (tertiary/aromatic N) is 1. The largest absolute Gasteiger partial charge is 0.497 e. The lowest BCUT2D eigenvalue weighted by Crippen LogP contribution is -2.34. The van der Waals surface area contributed by atoms with Crippen LogP contribution in [0.15, 0.2) is 24.3 Å². The molecule has 1 N–H and O–H groups in total. The summed E-state index contributed by atoms with van der Waals surface area (Å²) >= 11 is 0. The van der Waals surface area contributed by atoms with Gasteiger partial charge in [0, 0.05) is 12.1 Å². The molecule has 3 unspecified atom stereocenters. The molecule has 0 amide bonds. The Labute approximate surface area is 116 Å². The molecule has 3 heteroatoms. The van der Waals surface area contributed by atoms with E-state index in [-0.39, 0.29) is 6.10 Å². The molecule has 1 aliphatic heterocycles. The molecular weight excluding hydrogens is 238 g/mol. The van der Waals surface area contributed by atoms with Crippen molar-refractivity contribution in [2.75, 3.05) is 13.7 Å². The van der Waals surface area contributed by atoms with Gasteiger partial charge in [0.1, 0.15) is 5.75 Å². The van der Waals surface area contributed by atoms with Crippen LogP contribution in [0.25, 0.3) is 0 Å². The van der Waals surface area contributed by atoms with Crippen LogP contribution in [0.5, 0.6) is 5.75 Å². The van der Waals surface area contributed by atoms with E-state index in [1.807, 2.05) is 19.1 Å². The van der Waals surface area contributed by atoms with Crippen LogP contribution in [-0.2, 0) is 0 Å². The van der Waals surface area contributed by atoms with Crippen molar-refractivity contribution >= 4 is 0 Å². The Balaban J connectivity index is 2.10. The van der Waals surface area contributed by atoms with Gasteiger partial charge in [-0.05, 0) is 57.4 Å². The molecule has 0 bridgehead atoms. The van der Waals surface area contributed by atoms with E-state index in [1.54, 1.807) is 7.11 Å². The molecule has 1 aromatic carbocycles. The Morgan fingerprint density at radius 2 is 2.21 bits per heavy atom. The SMILES string of the molecule is COc1cccc(C(C)N2CCCC2CC(C)O)c1. The third-order valence-electron chi connectivity index (χ3n) is 4.11. The van der Waals surface area contributed by atoms with Crippen LogP contribution in [0.4, 0.5) is 0 Å². The molecule has 1 heterocycles. The van der Waals surface area contributed by atoms with Gasteiger partial charge in [-0.2, -0.15) is 0 Å². The monoisotopic (exact) mass is 263 g/mol. The van der Waals surface area contributed by atoms with E-state index in [9.17, 15) is 5.11 Å². The topological polar surface area (TPSA) is 32.7 Å². The van der Waals surface area contributed by atoms with Gasteiger partial charge in [0.2, 0.25) is 0 Å². The van der Waals surface area contributed by atoms with Gasteiger partial charge in [0.15, 0.2) is 0 Å². The molecule has 1 aliphatic rings. The van der Waals surface area contributed by atoms with Crippen molar-refractivity contribution in [2.45, 2.75) is 51.3 Å². The first kappa shape index (κ1) is 14.4. The highest BCUT2D eigenvalue weighted by molar-refractivity contribution is 5.30. The molecule has 1 aromatic rings. The molecule has 0 saturated carbocycles. The van der Waals surface area contributed by atoms with Crippen molar-refractivity contribution in [3.63, 3.8) is 0 Å². The van der Waals surface area contributed by atoms with Gasteiger partial charge in [-0.15, -0.1) is 0 Å². The Kier molecular flexibility index (Phi) is 4.83. The molecule has 1 fully saturated rings. The summed E-state index contributed by atoms with van der Waals surface area (Å²) in [6.07, 6.45) is 3.07. The second-order valence-electron chi connectivity index (χ2n) is 5.57. The van der Waals surface area contributed by atoms with Gasteiger partial charge < -0.3 is 9.84 Å². The average molecular weight is 263 g/mol. The van der Waals surface area contributed by atoms with Crippen LogP contribution >= 0.6 is 0 Å².